The van der Waals surface area contributed by atoms with Crippen LogP contribution in [0, 0.1) is 0 Å². The second-order valence-electron chi connectivity index (χ2n) is 5.76. The highest BCUT2D eigenvalue weighted by Crippen LogP contribution is 2.34. The molecule has 1 N–H and O–H groups in total. The normalized spacial score (nSPS) is 11.5. The molecule has 0 aliphatic heterocycles. The van der Waals surface area contributed by atoms with Crippen LogP contribution in [0.1, 0.15) is 0 Å². The summed E-state index contributed by atoms with van der Waals surface area (Å²) in [5.74, 6) is 0. The summed E-state index contributed by atoms with van der Waals surface area (Å²) in [5.41, 5.74) is 4.86. The lowest BCUT2D eigenvalue weighted by Gasteiger charge is -2.07. The zero-order valence-electron chi connectivity index (χ0n) is 12.6. The summed E-state index contributed by atoms with van der Waals surface area (Å²) >= 11 is 6.07. The van der Waals surface area contributed by atoms with Gasteiger partial charge in [0.25, 0.3) is 0 Å². The molecule has 114 valence electrons. The molecule has 4 heteroatoms. The number of H-pyrrole nitrogens is 1. The lowest BCUT2D eigenvalue weighted by atomic mass is 10.0. The number of nitrogens with zero attached hydrogens (tertiary/aromatic N) is 2. The minimum absolute atomic E-state index is 0.493. The average Bonchev–Trinajstić information content (AvgIpc) is 2.99. The van der Waals surface area contributed by atoms with Gasteiger partial charge in [0.15, 0.2) is 0 Å². The fourth-order valence-electron chi connectivity index (χ4n) is 3.30. The standard InChI is InChI=1S/C20H12ClN3/c21-17-9-8-16-18(24-17)15-10-11-22-19(20(15)23-16)14-7-3-5-12-4-1-2-6-13(12)14/h1-11,23H. The largest absolute Gasteiger partial charge is 0.351 e. The molecule has 0 amide bonds. The van der Waals surface area contributed by atoms with Gasteiger partial charge in [-0.25, -0.2) is 4.98 Å². The van der Waals surface area contributed by atoms with Crippen molar-refractivity contribution in [3.05, 3.63) is 72.0 Å². The van der Waals surface area contributed by atoms with Crippen LogP contribution in [0.15, 0.2) is 66.9 Å². The third-order valence-electron chi connectivity index (χ3n) is 4.37. The molecule has 0 aliphatic carbocycles. The van der Waals surface area contributed by atoms with Gasteiger partial charge in [-0.2, -0.15) is 0 Å². The lowest BCUT2D eigenvalue weighted by molar-refractivity contribution is 1.35. The summed E-state index contributed by atoms with van der Waals surface area (Å²) in [5, 5.41) is 3.91. The Balaban J connectivity index is 1.91. The van der Waals surface area contributed by atoms with Gasteiger partial charge in [-0.1, -0.05) is 54.1 Å². The number of benzene rings is 2. The Morgan fingerprint density at radius 3 is 2.67 bits per heavy atom. The van der Waals surface area contributed by atoms with E-state index in [9.17, 15) is 0 Å². The van der Waals surface area contributed by atoms with Crippen molar-refractivity contribution in [3.63, 3.8) is 0 Å². The van der Waals surface area contributed by atoms with E-state index in [2.05, 4.69) is 57.4 Å². The van der Waals surface area contributed by atoms with Crippen LogP contribution in [0.2, 0.25) is 5.15 Å². The molecule has 0 aliphatic rings. The second kappa shape index (κ2) is 5.05. The highest BCUT2D eigenvalue weighted by molar-refractivity contribution is 6.30. The highest BCUT2D eigenvalue weighted by Gasteiger charge is 2.13. The van der Waals surface area contributed by atoms with Gasteiger partial charge < -0.3 is 4.98 Å². The number of rotatable bonds is 1. The Morgan fingerprint density at radius 2 is 1.71 bits per heavy atom. The SMILES string of the molecule is Clc1ccc2[nH]c3c(-c4cccc5ccccc45)nccc3c2n1. The first kappa shape index (κ1) is 13.5. The molecule has 0 saturated carbocycles. The molecular weight excluding hydrogens is 318 g/mol. The Bertz CT molecular complexity index is 1220. The lowest BCUT2D eigenvalue weighted by Crippen LogP contribution is -1.87. The van der Waals surface area contributed by atoms with Gasteiger partial charge in [-0.15, -0.1) is 0 Å². The van der Waals surface area contributed by atoms with Gasteiger partial charge in [0.2, 0.25) is 0 Å². The Kier molecular flexibility index (Phi) is 2.84. The first-order valence-corrected chi connectivity index (χ1v) is 8.10. The fourth-order valence-corrected chi connectivity index (χ4v) is 3.45. The summed E-state index contributed by atoms with van der Waals surface area (Å²) < 4.78 is 0. The van der Waals surface area contributed by atoms with Crippen molar-refractivity contribution < 1.29 is 0 Å². The summed E-state index contributed by atoms with van der Waals surface area (Å²) in [6.45, 7) is 0. The van der Waals surface area contributed by atoms with Gasteiger partial charge in [-0.05, 0) is 29.0 Å². The number of hydrogen-bond donors (Lipinski definition) is 1. The molecule has 5 aromatic rings. The van der Waals surface area contributed by atoms with E-state index in [1.165, 1.54) is 10.8 Å². The van der Waals surface area contributed by atoms with Gasteiger partial charge in [-0.3, -0.25) is 4.98 Å². The van der Waals surface area contributed by atoms with E-state index < -0.39 is 0 Å². The first-order valence-electron chi connectivity index (χ1n) is 7.72. The van der Waals surface area contributed by atoms with Crippen LogP contribution >= 0.6 is 11.6 Å². The maximum atomic E-state index is 6.07. The van der Waals surface area contributed by atoms with Crippen LogP contribution in [0.3, 0.4) is 0 Å². The predicted molar refractivity (Wildman–Crippen MR) is 99.3 cm³/mol. The van der Waals surface area contributed by atoms with Crippen LogP contribution in [0.5, 0.6) is 0 Å². The zero-order valence-corrected chi connectivity index (χ0v) is 13.4. The number of fused-ring (bicyclic) bond motifs is 4. The average molecular weight is 330 g/mol. The smallest absolute Gasteiger partial charge is 0.129 e. The van der Waals surface area contributed by atoms with Crippen LogP contribution in [0.4, 0.5) is 0 Å². The van der Waals surface area contributed by atoms with Crippen molar-refractivity contribution in [2.45, 2.75) is 0 Å². The van der Waals surface area contributed by atoms with Crippen molar-refractivity contribution in [3.8, 4) is 11.3 Å². The van der Waals surface area contributed by atoms with Gasteiger partial charge >= 0.3 is 0 Å². The molecule has 5 rings (SSSR count). The number of halogens is 1. The summed E-state index contributed by atoms with van der Waals surface area (Å²) in [4.78, 5) is 12.6. The monoisotopic (exact) mass is 329 g/mol. The van der Waals surface area contributed by atoms with Crippen LogP contribution in [0.25, 0.3) is 44.0 Å². The molecule has 3 aromatic heterocycles. The Labute approximate surface area is 142 Å². The maximum absolute atomic E-state index is 6.07. The molecule has 24 heavy (non-hydrogen) atoms. The van der Waals surface area contributed by atoms with E-state index in [-0.39, 0.29) is 0 Å². The minimum atomic E-state index is 0.493. The molecule has 0 radical (unpaired) electrons. The quantitative estimate of drug-likeness (QED) is 0.407. The highest BCUT2D eigenvalue weighted by atomic mass is 35.5. The molecule has 3 heterocycles. The molecule has 0 saturated heterocycles. The number of aromatic nitrogens is 3. The number of nitrogens with one attached hydrogen (secondary N) is 1. The molecule has 0 unspecified atom stereocenters. The topological polar surface area (TPSA) is 41.6 Å². The first-order chi connectivity index (χ1) is 11.8. The number of hydrogen-bond acceptors (Lipinski definition) is 2. The Morgan fingerprint density at radius 1 is 0.833 bits per heavy atom. The zero-order chi connectivity index (χ0) is 16.1. The number of pyridine rings is 2. The van der Waals surface area contributed by atoms with Crippen LogP contribution in [-0.2, 0) is 0 Å². The van der Waals surface area contributed by atoms with Gasteiger partial charge in [0.1, 0.15) is 5.15 Å². The molecule has 0 atom stereocenters. The van der Waals surface area contributed by atoms with E-state index >= 15 is 0 Å². The maximum Gasteiger partial charge on any atom is 0.129 e. The van der Waals surface area contributed by atoms with E-state index in [0.29, 0.717) is 5.15 Å². The van der Waals surface area contributed by atoms with Gasteiger partial charge in [0, 0.05) is 17.1 Å². The molecular formula is C20H12ClN3. The third kappa shape index (κ3) is 1.92. The van der Waals surface area contributed by atoms with Crippen LogP contribution in [-0.4, -0.2) is 15.0 Å². The van der Waals surface area contributed by atoms with Crippen molar-refractivity contribution in [2.24, 2.45) is 0 Å². The molecule has 0 bridgehead atoms. The minimum Gasteiger partial charge on any atom is -0.351 e. The van der Waals surface area contributed by atoms with Crippen molar-refractivity contribution in [2.75, 3.05) is 0 Å². The third-order valence-corrected chi connectivity index (χ3v) is 4.58. The molecule has 0 spiro atoms. The van der Waals surface area contributed by atoms with Crippen LogP contribution < -0.4 is 0 Å². The predicted octanol–water partition coefficient (Wildman–Crippen LogP) is 5.58. The molecule has 3 nitrogen and oxygen atoms in total. The van der Waals surface area contributed by atoms with Crippen molar-refractivity contribution in [1.29, 1.82) is 0 Å². The fraction of sp³-hybridized carbons (Fsp3) is 0. The van der Waals surface area contributed by atoms with Crippen molar-refractivity contribution in [1.82, 2.24) is 15.0 Å². The van der Waals surface area contributed by atoms with E-state index in [4.69, 9.17) is 11.6 Å². The second-order valence-corrected chi connectivity index (χ2v) is 6.15. The number of aromatic amines is 1. The Hall–Kier alpha value is -2.91. The molecule has 0 fully saturated rings. The van der Waals surface area contributed by atoms with Gasteiger partial charge in [0.05, 0.1) is 22.2 Å². The summed E-state index contributed by atoms with van der Waals surface area (Å²) in [6, 6.07) is 20.4. The van der Waals surface area contributed by atoms with E-state index in [1.54, 1.807) is 6.07 Å². The van der Waals surface area contributed by atoms with E-state index in [1.807, 2.05) is 18.3 Å². The van der Waals surface area contributed by atoms with Crippen molar-refractivity contribution >= 4 is 44.3 Å². The van der Waals surface area contributed by atoms with E-state index in [0.717, 1.165) is 33.2 Å². The molecule has 2 aromatic carbocycles. The summed E-state index contributed by atoms with van der Waals surface area (Å²) in [6.07, 6.45) is 1.83. The summed E-state index contributed by atoms with van der Waals surface area (Å²) in [7, 11) is 0.